The van der Waals surface area contributed by atoms with E-state index in [1.54, 1.807) is 18.5 Å². The lowest BCUT2D eigenvalue weighted by Crippen LogP contribution is -2.25. The molecule has 1 saturated carbocycles. The maximum Gasteiger partial charge on any atom is 0.420 e. The summed E-state index contributed by atoms with van der Waals surface area (Å²) < 4.78 is 44.5. The molecule has 1 aliphatic heterocycles. The third-order valence-corrected chi connectivity index (χ3v) is 7.52. The first kappa shape index (κ1) is 24.4. The summed E-state index contributed by atoms with van der Waals surface area (Å²) in [5, 5.41) is 21.5. The van der Waals surface area contributed by atoms with Crippen LogP contribution in [0.3, 0.4) is 0 Å². The molecule has 0 unspecified atom stereocenters. The Morgan fingerprint density at radius 2 is 1.92 bits per heavy atom. The Hall–Kier alpha value is -3.34. The van der Waals surface area contributed by atoms with E-state index in [2.05, 4.69) is 9.55 Å². The Morgan fingerprint density at radius 1 is 1.17 bits per heavy atom. The zero-order valence-corrected chi connectivity index (χ0v) is 19.7. The highest BCUT2D eigenvalue weighted by atomic mass is 19.4. The zero-order chi connectivity index (χ0) is 25.6. The van der Waals surface area contributed by atoms with Crippen LogP contribution in [0.4, 0.5) is 30.2 Å². The molecule has 2 aromatic carbocycles. The molecule has 8 nitrogen and oxygen atoms in total. The Kier molecular flexibility index (Phi) is 6.27. The smallest absolute Gasteiger partial charge is 0.396 e. The van der Waals surface area contributed by atoms with E-state index in [1.165, 1.54) is 17.4 Å². The number of hydrogen-bond acceptors (Lipinski definition) is 6. The van der Waals surface area contributed by atoms with Crippen molar-refractivity contribution >= 4 is 28.1 Å². The molecule has 0 spiro atoms. The summed E-state index contributed by atoms with van der Waals surface area (Å²) >= 11 is 0. The molecule has 3 N–H and O–H groups in total. The van der Waals surface area contributed by atoms with E-state index < -0.39 is 28.0 Å². The van der Waals surface area contributed by atoms with Crippen molar-refractivity contribution < 1.29 is 23.2 Å². The first-order valence-corrected chi connectivity index (χ1v) is 12.2. The van der Waals surface area contributed by atoms with Crippen molar-refractivity contribution in [3.05, 3.63) is 46.3 Å². The van der Waals surface area contributed by atoms with Gasteiger partial charge in [0.15, 0.2) is 0 Å². The van der Waals surface area contributed by atoms with Crippen LogP contribution in [0.15, 0.2) is 30.6 Å². The van der Waals surface area contributed by atoms with Gasteiger partial charge >= 0.3 is 11.9 Å². The number of hydrogen-bond donors (Lipinski definition) is 2. The summed E-state index contributed by atoms with van der Waals surface area (Å²) in [6.07, 6.45) is 3.03. The Bertz CT molecular complexity index is 1300. The van der Waals surface area contributed by atoms with Crippen molar-refractivity contribution in [1.29, 1.82) is 0 Å². The molecular formula is C25H28F3N5O3. The average molecular weight is 504 g/mol. The van der Waals surface area contributed by atoms with Crippen LogP contribution in [0.1, 0.15) is 50.1 Å². The summed E-state index contributed by atoms with van der Waals surface area (Å²) in [5.41, 5.74) is 4.72. The molecule has 1 aliphatic carbocycles. The standard InChI is InChI=1S/C25H28F3N5O3/c26-25(27,28)22-21(31-9-8-15(12-31)13-34)11-18(24(23(22)29)33(35)36)16-6-7-20-19(10-16)30-14-32(20)17-4-2-1-3-5-17/h6-7,10-11,14-15,17,34H,1-5,8-9,12-13,29H2/t15-/m0/s1. The van der Waals surface area contributed by atoms with E-state index in [0.717, 1.165) is 31.2 Å². The number of nitrogens with two attached hydrogens (primary N) is 1. The van der Waals surface area contributed by atoms with Gasteiger partial charge in [0, 0.05) is 31.7 Å². The van der Waals surface area contributed by atoms with Gasteiger partial charge in [0.1, 0.15) is 11.3 Å². The molecule has 0 bridgehead atoms. The van der Waals surface area contributed by atoms with E-state index in [0.29, 0.717) is 23.5 Å². The lowest BCUT2D eigenvalue weighted by Gasteiger charge is -2.25. The zero-order valence-electron chi connectivity index (χ0n) is 19.7. The third-order valence-electron chi connectivity index (χ3n) is 7.52. The fourth-order valence-corrected chi connectivity index (χ4v) is 5.69. The number of rotatable bonds is 5. The van der Waals surface area contributed by atoms with Gasteiger partial charge < -0.3 is 20.3 Å². The number of aromatic nitrogens is 2. The lowest BCUT2D eigenvalue weighted by molar-refractivity contribution is -0.383. The number of nitro groups is 1. The quantitative estimate of drug-likeness (QED) is 0.269. The molecule has 36 heavy (non-hydrogen) atoms. The Balaban J connectivity index is 1.66. The minimum absolute atomic E-state index is 0.0158. The molecule has 11 heteroatoms. The molecule has 2 heterocycles. The predicted octanol–water partition coefficient (Wildman–Crippen LogP) is 5.54. The van der Waals surface area contributed by atoms with Gasteiger partial charge in [0.25, 0.3) is 0 Å². The summed E-state index contributed by atoms with van der Waals surface area (Å²) in [6, 6.07) is 6.74. The second-order valence-electron chi connectivity index (χ2n) is 9.77. The molecular weight excluding hydrogens is 475 g/mol. The summed E-state index contributed by atoms with van der Waals surface area (Å²) in [4.78, 5) is 17.1. The monoisotopic (exact) mass is 503 g/mol. The van der Waals surface area contributed by atoms with Gasteiger partial charge in [-0.2, -0.15) is 13.2 Å². The fourth-order valence-electron chi connectivity index (χ4n) is 5.69. The molecule has 3 aromatic rings. The number of benzene rings is 2. The van der Waals surface area contributed by atoms with E-state index in [-0.39, 0.29) is 36.9 Å². The number of halogens is 3. The van der Waals surface area contributed by atoms with Gasteiger partial charge in [-0.3, -0.25) is 10.1 Å². The van der Waals surface area contributed by atoms with Crippen molar-refractivity contribution in [2.24, 2.45) is 5.92 Å². The van der Waals surface area contributed by atoms with Crippen molar-refractivity contribution in [3.63, 3.8) is 0 Å². The van der Waals surface area contributed by atoms with Crippen molar-refractivity contribution in [2.75, 3.05) is 30.3 Å². The number of fused-ring (bicyclic) bond motifs is 1. The van der Waals surface area contributed by atoms with Gasteiger partial charge in [-0.1, -0.05) is 25.3 Å². The van der Waals surface area contributed by atoms with E-state index >= 15 is 0 Å². The molecule has 1 atom stereocenters. The maximum atomic E-state index is 14.1. The molecule has 1 saturated heterocycles. The molecule has 2 aliphatic rings. The first-order chi connectivity index (χ1) is 17.2. The fraction of sp³-hybridized carbons (Fsp3) is 0.480. The van der Waals surface area contributed by atoms with Crippen LogP contribution in [0, 0.1) is 16.0 Å². The lowest BCUT2D eigenvalue weighted by atomic mass is 9.95. The van der Waals surface area contributed by atoms with Gasteiger partial charge in [0.05, 0.1) is 33.5 Å². The number of alkyl halides is 3. The Labute approximate surface area is 205 Å². The molecule has 1 aromatic heterocycles. The van der Waals surface area contributed by atoms with Gasteiger partial charge in [0.2, 0.25) is 0 Å². The number of nitrogen functional groups attached to an aromatic ring is 1. The van der Waals surface area contributed by atoms with Crippen LogP contribution in [0.25, 0.3) is 22.2 Å². The van der Waals surface area contributed by atoms with Gasteiger partial charge in [-0.05, 0) is 43.0 Å². The van der Waals surface area contributed by atoms with Crippen LogP contribution < -0.4 is 10.6 Å². The average Bonchev–Trinajstić information content (AvgIpc) is 3.49. The van der Waals surface area contributed by atoms with Crippen LogP contribution in [-0.2, 0) is 6.18 Å². The van der Waals surface area contributed by atoms with Gasteiger partial charge in [-0.25, -0.2) is 4.98 Å². The molecule has 0 radical (unpaired) electrons. The highest BCUT2D eigenvalue weighted by molar-refractivity contribution is 5.92. The maximum absolute atomic E-state index is 14.1. The number of nitrogens with zero attached hydrogens (tertiary/aromatic N) is 4. The molecule has 5 rings (SSSR count). The number of anilines is 2. The topological polar surface area (TPSA) is 110 Å². The highest BCUT2D eigenvalue weighted by Gasteiger charge is 2.43. The third kappa shape index (κ3) is 4.25. The van der Waals surface area contributed by atoms with Crippen LogP contribution >= 0.6 is 0 Å². The molecule has 2 fully saturated rings. The van der Waals surface area contributed by atoms with Crippen LogP contribution in [0.5, 0.6) is 0 Å². The van der Waals surface area contributed by atoms with E-state index in [1.807, 2.05) is 6.07 Å². The van der Waals surface area contributed by atoms with Crippen molar-refractivity contribution in [3.8, 4) is 11.1 Å². The van der Waals surface area contributed by atoms with Crippen molar-refractivity contribution in [1.82, 2.24) is 9.55 Å². The van der Waals surface area contributed by atoms with Gasteiger partial charge in [-0.15, -0.1) is 0 Å². The Morgan fingerprint density at radius 3 is 2.56 bits per heavy atom. The second-order valence-corrected chi connectivity index (χ2v) is 9.77. The molecule has 192 valence electrons. The number of aliphatic hydroxyl groups excluding tert-OH is 1. The van der Waals surface area contributed by atoms with Crippen molar-refractivity contribution in [2.45, 2.75) is 50.7 Å². The van der Waals surface area contributed by atoms with Crippen LogP contribution in [0.2, 0.25) is 0 Å². The normalized spacial score (nSPS) is 19.3. The first-order valence-electron chi connectivity index (χ1n) is 12.2. The largest absolute Gasteiger partial charge is 0.420 e. The van der Waals surface area contributed by atoms with E-state index in [9.17, 15) is 28.4 Å². The number of imidazole rings is 1. The highest BCUT2D eigenvalue weighted by Crippen LogP contribution is 2.49. The molecule has 0 amide bonds. The van der Waals surface area contributed by atoms with Crippen LogP contribution in [-0.4, -0.2) is 39.3 Å². The minimum atomic E-state index is -4.89. The SMILES string of the molecule is Nc1c([N+](=O)[O-])c(-c2ccc3c(c2)ncn3C2CCCCC2)cc(N2CC[C@H](CO)C2)c1C(F)(F)F. The van der Waals surface area contributed by atoms with E-state index in [4.69, 9.17) is 5.73 Å². The summed E-state index contributed by atoms with van der Waals surface area (Å²) in [5.74, 6) is -0.175. The predicted molar refractivity (Wildman–Crippen MR) is 131 cm³/mol. The number of aliphatic hydroxyl groups is 1. The summed E-state index contributed by atoms with van der Waals surface area (Å²) in [6.45, 7) is 0.352. The second kappa shape index (κ2) is 9.27. The summed E-state index contributed by atoms with van der Waals surface area (Å²) in [7, 11) is 0. The minimum Gasteiger partial charge on any atom is -0.396 e. The number of nitro benzene ring substituents is 1.